The molecule has 0 aromatic heterocycles. The van der Waals surface area contributed by atoms with Gasteiger partial charge < -0.3 is 15.8 Å². The van der Waals surface area contributed by atoms with Crippen molar-refractivity contribution in [3.8, 4) is 5.75 Å². The number of amides is 2. The summed E-state index contributed by atoms with van der Waals surface area (Å²) in [6, 6.07) is 12.4. The number of anilines is 1. The summed E-state index contributed by atoms with van der Waals surface area (Å²) in [5.41, 5.74) is 8.04. The molecule has 0 radical (unpaired) electrons. The number of ether oxygens (including phenoxy) is 1. The van der Waals surface area contributed by atoms with Crippen LogP contribution in [0.4, 0.5) is 5.69 Å². The van der Waals surface area contributed by atoms with Crippen LogP contribution in [-0.2, 0) is 11.2 Å². The highest BCUT2D eigenvalue weighted by Crippen LogP contribution is 2.26. The molecule has 3 N–H and O–H groups in total. The maximum absolute atomic E-state index is 12.0. The third-order valence-electron chi connectivity index (χ3n) is 3.59. The quantitative estimate of drug-likeness (QED) is 0.851. The number of fused-ring (bicyclic) bond motifs is 1. The molecule has 5 heteroatoms. The predicted octanol–water partition coefficient (Wildman–Crippen LogP) is 2.37. The lowest BCUT2D eigenvalue weighted by Crippen LogP contribution is -2.16. The largest absolute Gasteiger partial charge is 0.493 e. The number of para-hydroxylation sites is 1. The number of carbonyl (C=O) groups is 2. The van der Waals surface area contributed by atoms with Crippen molar-refractivity contribution < 1.29 is 14.3 Å². The summed E-state index contributed by atoms with van der Waals surface area (Å²) in [5.74, 6) is 0.000868. The van der Waals surface area contributed by atoms with Crippen molar-refractivity contribution in [3.05, 3.63) is 65.2 Å². The molecule has 116 valence electrons. The first-order valence-electron chi connectivity index (χ1n) is 7.27. The van der Waals surface area contributed by atoms with Crippen LogP contribution in [0, 0.1) is 0 Å². The highest BCUT2D eigenvalue weighted by atomic mass is 16.5. The van der Waals surface area contributed by atoms with Gasteiger partial charge in [0.1, 0.15) is 5.75 Å². The molecule has 2 aromatic carbocycles. The van der Waals surface area contributed by atoms with Crippen LogP contribution in [0.25, 0.3) is 6.08 Å². The van der Waals surface area contributed by atoms with Crippen molar-refractivity contribution in [1.29, 1.82) is 0 Å². The topological polar surface area (TPSA) is 81.4 Å². The highest BCUT2D eigenvalue weighted by molar-refractivity contribution is 6.07. The van der Waals surface area contributed by atoms with Crippen molar-refractivity contribution in [2.45, 2.75) is 6.42 Å². The van der Waals surface area contributed by atoms with E-state index in [0.717, 1.165) is 23.3 Å². The Labute approximate surface area is 133 Å². The number of nitrogens with one attached hydrogen (secondary N) is 1. The normalized spacial score (nSPS) is 12.7. The maximum atomic E-state index is 12.0. The van der Waals surface area contributed by atoms with E-state index in [1.807, 2.05) is 18.2 Å². The van der Waals surface area contributed by atoms with E-state index in [0.29, 0.717) is 12.3 Å². The Morgan fingerprint density at radius 2 is 2.00 bits per heavy atom. The molecule has 0 atom stereocenters. The van der Waals surface area contributed by atoms with E-state index in [2.05, 4.69) is 5.32 Å². The Kier molecular flexibility index (Phi) is 4.10. The fourth-order valence-corrected chi connectivity index (χ4v) is 2.46. The molecule has 1 aliphatic heterocycles. The van der Waals surface area contributed by atoms with Crippen LogP contribution in [0.5, 0.6) is 5.75 Å². The maximum Gasteiger partial charge on any atom is 0.250 e. The van der Waals surface area contributed by atoms with Gasteiger partial charge in [-0.15, -0.1) is 0 Å². The molecule has 0 fully saturated rings. The van der Waals surface area contributed by atoms with Crippen LogP contribution in [0.15, 0.2) is 48.5 Å². The molecule has 1 heterocycles. The van der Waals surface area contributed by atoms with Crippen LogP contribution < -0.4 is 15.8 Å². The summed E-state index contributed by atoms with van der Waals surface area (Å²) >= 11 is 0. The summed E-state index contributed by atoms with van der Waals surface area (Å²) in [6.45, 7) is 0.701. The van der Waals surface area contributed by atoms with Gasteiger partial charge in [0.15, 0.2) is 0 Å². The SMILES string of the molecule is NC(=O)c1ccccc1NC(=O)/C=C/c1ccc2c(c1)CCO2. The van der Waals surface area contributed by atoms with E-state index in [9.17, 15) is 9.59 Å². The Morgan fingerprint density at radius 3 is 2.83 bits per heavy atom. The van der Waals surface area contributed by atoms with E-state index in [4.69, 9.17) is 10.5 Å². The van der Waals surface area contributed by atoms with Gasteiger partial charge in [-0.1, -0.05) is 18.2 Å². The minimum atomic E-state index is -0.580. The fourth-order valence-electron chi connectivity index (χ4n) is 2.46. The Morgan fingerprint density at radius 1 is 1.17 bits per heavy atom. The average Bonchev–Trinajstić information content (AvgIpc) is 3.01. The van der Waals surface area contributed by atoms with Gasteiger partial charge in [0.25, 0.3) is 5.91 Å². The molecule has 0 saturated carbocycles. The molecule has 0 aliphatic carbocycles. The van der Waals surface area contributed by atoms with Crippen LogP contribution >= 0.6 is 0 Å². The highest BCUT2D eigenvalue weighted by Gasteiger charge is 2.11. The zero-order valence-corrected chi connectivity index (χ0v) is 12.4. The van der Waals surface area contributed by atoms with Crippen molar-refractivity contribution in [2.75, 3.05) is 11.9 Å². The lowest BCUT2D eigenvalue weighted by molar-refractivity contribution is -0.111. The van der Waals surface area contributed by atoms with Gasteiger partial charge in [-0.3, -0.25) is 9.59 Å². The van der Waals surface area contributed by atoms with Gasteiger partial charge in [-0.2, -0.15) is 0 Å². The molecule has 0 spiro atoms. The molecule has 2 aromatic rings. The first kappa shape index (κ1) is 14.8. The lowest BCUT2D eigenvalue weighted by atomic mass is 10.1. The monoisotopic (exact) mass is 308 g/mol. The second kappa shape index (κ2) is 6.36. The van der Waals surface area contributed by atoms with Crippen LogP contribution in [0.3, 0.4) is 0 Å². The molecule has 5 nitrogen and oxygen atoms in total. The predicted molar refractivity (Wildman–Crippen MR) is 88.3 cm³/mol. The molecular weight excluding hydrogens is 292 g/mol. The number of rotatable bonds is 4. The third kappa shape index (κ3) is 3.40. The van der Waals surface area contributed by atoms with Gasteiger partial charge in [-0.05, 0) is 41.5 Å². The van der Waals surface area contributed by atoms with Crippen LogP contribution in [0.1, 0.15) is 21.5 Å². The van der Waals surface area contributed by atoms with E-state index >= 15 is 0 Å². The summed E-state index contributed by atoms with van der Waals surface area (Å²) in [6.07, 6.45) is 4.03. The number of nitrogens with two attached hydrogens (primary N) is 1. The van der Waals surface area contributed by atoms with Gasteiger partial charge in [0.05, 0.1) is 17.9 Å². The molecule has 0 unspecified atom stereocenters. The average molecular weight is 308 g/mol. The number of carbonyl (C=O) groups excluding carboxylic acids is 2. The second-order valence-electron chi connectivity index (χ2n) is 5.20. The number of hydrogen-bond acceptors (Lipinski definition) is 3. The Bertz CT molecular complexity index is 797. The summed E-state index contributed by atoms with van der Waals surface area (Å²) in [4.78, 5) is 23.4. The van der Waals surface area contributed by atoms with E-state index < -0.39 is 5.91 Å². The summed E-state index contributed by atoms with van der Waals surface area (Å²) in [5, 5.41) is 2.66. The first-order valence-corrected chi connectivity index (χ1v) is 7.27. The first-order chi connectivity index (χ1) is 11.1. The van der Waals surface area contributed by atoms with E-state index in [1.165, 1.54) is 6.08 Å². The van der Waals surface area contributed by atoms with Crippen molar-refractivity contribution >= 4 is 23.6 Å². The molecule has 0 bridgehead atoms. The Hall–Kier alpha value is -3.08. The van der Waals surface area contributed by atoms with Gasteiger partial charge in [0.2, 0.25) is 5.91 Å². The number of primary amides is 1. The number of hydrogen-bond donors (Lipinski definition) is 2. The molecule has 2 amide bonds. The van der Waals surface area contributed by atoms with Gasteiger partial charge >= 0.3 is 0 Å². The summed E-state index contributed by atoms with van der Waals surface area (Å²) < 4.78 is 5.45. The second-order valence-corrected chi connectivity index (χ2v) is 5.20. The molecular formula is C18H16N2O3. The smallest absolute Gasteiger partial charge is 0.250 e. The zero-order chi connectivity index (χ0) is 16.2. The number of benzene rings is 2. The van der Waals surface area contributed by atoms with Crippen LogP contribution in [-0.4, -0.2) is 18.4 Å². The van der Waals surface area contributed by atoms with E-state index in [-0.39, 0.29) is 11.5 Å². The van der Waals surface area contributed by atoms with Crippen molar-refractivity contribution in [3.63, 3.8) is 0 Å². The lowest BCUT2D eigenvalue weighted by Gasteiger charge is -2.06. The minimum absolute atomic E-state index is 0.281. The zero-order valence-electron chi connectivity index (χ0n) is 12.4. The molecule has 1 aliphatic rings. The van der Waals surface area contributed by atoms with Crippen molar-refractivity contribution in [2.24, 2.45) is 5.73 Å². The van der Waals surface area contributed by atoms with Crippen molar-refractivity contribution in [1.82, 2.24) is 0 Å². The summed E-state index contributed by atoms with van der Waals surface area (Å²) in [7, 11) is 0. The fraction of sp³-hybridized carbons (Fsp3) is 0.111. The Balaban J connectivity index is 1.71. The van der Waals surface area contributed by atoms with E-state index in [1.54, 1.807) is 30.3 Å². The third-order valence-corrected chi connectivity index (χ3v) is 3.59. The molecule has 0 saturated heterocycles. The van der Waals surface area contributed by atoms with Crippen LogP contribution in [0.2, 0.25) is 0 Å². The van der Waals surface area contributed by atoms with Gasteiger partial charge in [-0.25, -0.2) is 0 Å². The molecule has 23 heavy (non-hydrogen) atoms. The standard InChI is InChI=1S/C18H16N2O3/c19-18(22)14-3-1-2-4-15(14)20-17(21)8-6-12-5-7-16-13(11-12)9-10-23-16/h1-8,11H,9-10H2,(H2,19,22)(H,20,21)/b8-6+. The minimum Gasteiger partial charge on any atom is -0.493 e. The molecule has 3 rings (SSSR count). The van der Waals surface area contributed by atoms with Gasteiger partial charge in [0, 0.05) is 12.5 Å².